The highest BCUT2D eigenvalue weighted by atomic mass is 35.5. The van der Waals surface area contributed by atoms with Gasteiger partial charge in [0.05, 0.1) is 12.7 Å². The van der Waals surface area contributed by atoms with Crippen molar-refractivity contribution < 1.29 is 23.5 Å². The standard InChI is InChI=1S/C28H32ClO5P.CH4/c1-18(2)25-15-21(5-10-27(25)30)16-26-19(3)13-24(14-20(26)4)32-17-35(31)33-12-11-28(34-35)22-6-8-23(29)9-7-22;/h5-10,13-15,18,28,30H,11-12,16-17H2,1-4H3;1H4/t28-,35-;/m0./s1. The van der Waals surface area contributed by atoms with Crippen LogP contribution in [0.25, 0.3) is 0 Å². The Kier molecular flexibility index (Phi) is 9.29. The van der Waals surface area contributed by atoms with Crippen LogP contribution in [0.2, 0.25) is 5.02 Å². The van der Waals surface area contributed by atoms with Gasteiger partial charge in [-0.3, -0.25) is 9.09 Å². The van der Waals surface area contributed by atoms with Gasteiger partial charge < -0.3 is 14.4 Å². The van der Waals surface area contributed by atoms with Gasteiger partial charge >= 0.3 is 7.60 Å². The van der Waals surface area contributed by atoms with Crippen LogP contribution >= 0.6 is 19.2 Å². The number of aryl methyl sites for hydroxylation is 2. The third-order valence-electron chi connectivity index (χ3n) is 6.35. The first-order valence-corrected chi connectivity index (χ1v) is 14.0. The lowest BCUT2D eigenvalue weighted by Crippen LogP contribution is -2.17. The zero-order valence-corrected chi connectivity index (χ0v) is 22.2. The fourth-order valence-corrected chi connectivity index (χ4v) is 6.03. The molecule has 1 fully saturated rings. The third kappa shape index (κ3) is 6.72. The molecule has 1 saturated heterocycles. The molecular weight excluding hydrogens is 495 g/mol. The van der Waals surface area contributed by atoms with Gasteiger partial charge in [-0.25, -0.2) is 0 Å². The molecule has 1 N–H and O–H groups in total. The second-order valence-electron chi connectivity index (χ2n) is 9.41. The highest BCUT2D eigenvalue weighted by molar-refractivity contribution is 7.53. The van der Waals surface area contributed by atoms with Gasteiger partial charge in [0, 0.05) is 11.4 Å². The first-order valence-electron chi connectivity index (χ1n) is 11.9. The quantitative estimate of drug-likeness (QED) is 0.309. The number of hydrogen-bond donors (Lipinski definition) is 1. The van der Waals surface area contributed by atoms with Crippen LogP contribution in [0.3, 0.4) is 0 Å². The van der Waals surface area contributed by atoms with Crippen molar-refractivity contribution in [2.75, 3.05) is 13.0 Å². The molecule has 36 heavy (non-hydrogen) atoms. The summed E-state index contributed by atoms with van der Waals surface area (Å²) in [5.41, 5.74) is 6.39. The Morgan fingerprint density at radius 2 is 1.75 bits per heavy atom. The molecule has 194 valence electrons. The summed E-state index contributed by atoms with van der Waals surface area (Å²) < 4.78 is 30.5. The van der Waals surface area contributed by atoms with Crippen molar-refractivity contribution in [1.82, 2.24) is 0 Å². The monoisotopic (exact) mass is 530 g/mol. The van der Waals surface area contributed by atoms with E-state index in [4.69, 9.17) is 25.4 Å². The number of hydrogen-bond acceptors (Lipinski definition) is 5. The maximum Gasteiger partial charge on any atom is 0.368 e. The molecule has 3 aromatic rings. The summed E-state index contributed by atoms with van der Waals surface area (Å²) in [6.07, 6.45) is 0.910. The first-order chi connectivity index (χ1) is 16.6. The van der Waals surface area contributed by atoms with Crippen molar-refractivity contribution in [1.29, 1.82) is 0 Å². The van der Waals surface area contributed by atoms with Gasteiger partial charge in [-0.05, 0) is 89.9 Å². The number of aromatic hydroxyl groups is 1. The fourth-order valence-electron chi connectivity index (χ4n) is 4.40. The van der Waals surface area contributed by atoms with E-state index in [0.29, 0.717) is 29.5 Å². The highest BCUT2D eigenvalue weighted by Gasteiger charge is 2.35. The van der Waals surface area contributed by atoms with Crippen LogP contribution in [0.1, 0.15) is 73.1 Å². The Balaban J connectivity index is 0.00000361. The minimum absolute atomic E-state index is 0. The van der Waals surface area contributed by atoms with Crippen LogP contribution < -0.4 is 4.74 Å². The summed E-state index contributed by atoms with van der Waals surface area (Å²) in [5, 5.41) is 10.8. The molecule has 7 heteroatoms. The topological polar surface area (TPSA) is 65.0 Å². The largest absolute Gasteiger partial charge is 0.508 e. The van der Waals surface area contributed by atoms with E-state index >= 15 is 0 Å². The Morgan fingerprint density at radius 1 is 1.08 bits per heavy atom. The number of benzene rings is 3. The van der Waals surface area contributed by atoms with Crippen molar-refractivity contribution >= 4 is 19.2 Å². The number of phenolic OH excluding ortho intramolecular Hbond substituents is 1. The van der Waals surface area contributed by atoms with E-state index in [2.05, 4.69) is 19.9 Å². The number of phenols is 1. The van der Waals surface area contributed by atoms with E-state index in [-0.39, 0.29) is 25.8 Å². The smallest absolute Gasteiger partial charge is 0.368 e. The van der Waals surface area contributed by atoms with Gasteiger partial charge in [0.2, 0.25) is 0 Å². The zero-order chi connectivity index (χ0) is 25.2. The number of halogens is 1. The highest BCUT2D eigenvalue weighted by Crippen LogP contribution is 2.56. The molecule has 0 aliphatic carbocycles. The van der Waals surface area contributed by atoms with E-state index in [1.807, 2.05) is 44.2 Å². The minimum atomic E-state index is -3.41. The molecule has 0 radical (unpaired) electrons. The summed E-state index contributed by atoms with van der Waals surface area (Å²) in [6.45, 7) is 8.58. The van der Waals surface area contributed by atoms with E-state index < -0.39 is 7.60 Å². The van der Waals surface area contributed by atoms with Gasteiger partial charge in [-0.15, -0.1) is 0 Å². The van der Waals surface area contributed by atoms with Crippen molar-refractivity contribution in [2.45, 2.75) is 60.0 Å². The predicted octanol–water partition coefficient (Wildman–Crippen LogP) is 8.72. The maximum absolute atomic E-state index is 13.2. The molecule has 1 aliphatic heterocycles. The molecule has 2 atom stereocenters. The molecule has 5 nitrogen and oxygen atoms in total. The second-order valence-corrected chi connectivity index (χ2v) is 11.8. The van der Waals surface area contributed by atoms with E-state index in [1.165, 1.54) is 5.56 Å². The average Bonchev–Trinajstić information content (AvgIpc) is 2.81. The SMILES string of the molecule is C.Cc1cc(OC[P@]2(=O)OCC[C@@H](c3ccc(Cl)cc3)O2)cc(C)c1Cc1ccc(O)c(C(C)C)c1. The van der Waals surface area contributed by atoms with Crippen LogP contribution in [0.4, 0.5) is 0 Å². The van der Waals surface area contributed by atoms with Crippen LogP contribution in [0.15, 0.2) is 54.6 Å². The molecule has 1 aliphatic rings. The summed E-state index contributed by atoms with van der Waals surface area (Å²) in [5.74, 6) is 1.22. The van der Waals surface area contributed by atoms with Crippen LogP contribution in [-0.4, -0.2) is 18.1 Å². The average molecular weight is 531 g/mol. The molecule has 0 amide bonds. The summed E-state index contributed by atoms with van der Waals surface area (Å²) >= 11 is 5.98. The molecule has 3 aromatic carbocycles. The van der Waals surface area contributed by atoms with Crippen molar-refractivity contribution in [3.05, 3.63) is 93.0 Å². The van der Waals surface area contributed by atoms with Crippen LogP contribution in [0, 0.1) is 13.8 Å². The Bertz CT molecular complexity index is 1220. The predicted molar refractivity (Wildman–Crippen MR) is 147 cm³/mol. The van der Waals surface area contributed by atoms with Crippen LogP contribution in [-0.2, 0) is 20.0 Å². The van der Waals surface area contributed by atoms with E-state index in [1.54, 1.807) is 18.2 Å². The van der Waals surface area contributed by atoms with Gasteiger partial charge in [0.25, 0.3) is 0 Å². The Labute approximate surface area is 219 Å². The summed E-state index contributed by atoms with van der Waals surface area (Å²) in [6, 6.07) is 17.1. The van der Waals surface area contributed by atoms with Gasteiger partial charge in [-0.2, -0.15) is 0 Å². The molecule has 1 heterocycles. The Hall–Kier alpha value is -2.30. The molecule has 4 rings (SSSR count). The lowest BCUT2D eigenvalue weighted by Gasteiger charge is -2.30. The van der Waals surface area contributed by atoms with E-state index in [9.17, 15) is 9.67 Å². The normalized spacial score (nSPS) is 19.7. The lowest BCUT2D eigenvalue weighted by molar-refractivity contribution is 0.0725. The molecule has 0 bridgehead atoms. The molecular formula is C29H36ClO5P. The number of rotatable bonds is 7. The molecule has 0 unspecified atom stereocenters. The third-order valence-corrected chi connectivity index (χ3v) is 8.20. The molecule has 0 aromatic heterocycles. The maximum atomic E-state index is 13.2. The Morgan fingerprint density at radius 3 is 2.39 bits per heavy atom. The first kappa shape index (κ1) is 28.3. The molecule has 0 spiro atoms. The van der Waals surface area contributed by atoms with Gasteiger partial charge in [-0.1, -0.05) is 57.1 Å². The summed E-state index contributed by atoms with van der Waals surface area (Å²) in [7, 11) is -3.41. The van der Waals surface area contributed by atoms with Crippen molar-refractivity contribution in [2.24, 2.45) is 0 Å². The van der Waals surface area contributed by atoms with Crippen LogP contribution in [0.5, 0.6) is 11.5 Å². The minimum Gasteiger partial charge on any atom is -0.508 e. The van der Waals surface area contributed by atoms with Crippen molar-refractivity contribution in [3.8, 4) is 11.5 Å². The second kappa shape index (κ2) is 11.8. The summed E-state index contributed by atoms with van der Waals surface area (Å²) in [4.78, 5) is 0. The van der Waals surface area contributed by atoms with E-state index in [0.717, 1.165) is 34.2 Å². The van der Waals surface area contributed by atoms with Gasteiger partial charge in [0.15, 0.2) is 6.35 Å². The van der Waals surface area contributed by atoms with Crippen molar-refractivity contribution in [3.63, 3.8) is 0 Å². The van der Waals surface area contributed by atoms with Gasteiger partial charge in [0.1, 0.15) is 11.5 Å². The lowest BCUT2D eigenvalue weighted by atomic mass is 9.93. The zero-order valence-electron chi connectivity index (χ0n) is 20.6. The number of ether oxygens (including phenoxy) is 1. The molecule has 0 saturated carbocycles. The fraction of sp³-hybridized carbons (Fsp3) is 0.379.